The molecule has 0 radical (unpaired) electrons. The van der Waals surface area contributed by atoms with Crippen LogP contribution in [0.2, 0.25) is 0 Å². The molecule has 0 bridgehead atoms. The summed E-state index contributed by atoms with van der Waals surface area (Å²) in [6, 6.07) is 10.7. The van der Waals surface area contributed by atoms with Crippen molar-refractivity contribution in [3.8, 4) is 0 Å². The van der Waals surface area contributed by atoms with Crippen molar-refractivity contribution >= 4 is 0 Å². The number of benzene rings is 1. The van der Waals surface area contributed by atoms with Crippen molar-refractivity contribution in [3.05, 3.63) is 35.9 Å². The minimum absolute atomic E-state index is 0.236. The molecule has 0 N–H and O–H groups in total. The van der Waals surface area contributed by atoms with E-state index in [1.165, 1.54) is 5.56 Å². The first-order valence-corrected chi connectivity index (χ1v) is 6.18. The van der Waals surface area contributed by atoms with Gasteiger partial charge in [0, 0.05) is 18.6 Å². The second-order valence-corrected chi connectivity index (χ2v) is 5.93. The van der Waals surface area contributed by atoms with Gasteiger partial charge in [0.2, 0.25) is 0 Å². The Morgan fingerprint density at radius 3 is 2.06 bits per heavy atom. The molecule has 0 amide bonds. The fourth-order valence-electron chi connectivity index (χ4n) is 1.82. The van der Waals surface area contributed by atoms with Crippen molar-refractivity contribution in [1.82, 2.24) is 4.90 Å². The lowest BCUT2D eigenvalue weighted by molar-refractivity contribution is 0.111. The highest BCUT2D eigenvalue weighted by atomic mass is 15.2. The maximum absolute atomic E-state index is 2.55. The fraction of sp³-hybridized carbons (Fsp3) is 0.600. The van der Waals surface area contributed by atoms with Crippen LogP contribution >= 0.6 is 0 Å². The third-order valence-corrected chi connectivity index (χ3v) is 2.75. The lowest BCUT2D eigenvalue weighted by Gasteiger charge is -2.37. The van der Waals surface area contributed by atoms with Crippen molar-refractivity contribution in [2.45, 2.75) is 46.7 Å². The molecule has 0 aromatic heterocycles. The zero-order valence-electron chi connectivity index (χ0n) is 11.3. The van der Waals surface area contributed by atoms with Gasteiger partial charge < -0.3 is 0 Å². The molecule has 1 heteroatoms. The van der Waals surface area contributed by atoms with Crippen LogP contribution in [0.1, 0.15) is 40.2 Å². The van der Waals surface area contributed by atoms with E-state index in [2.05, 4.69) is 69.9 Å². The summed E-state index contributed by atoms with van der Waals surface area (Å²) in [6.45, 7) is 13.6. The molecule has 16 heavy (non-hydrogen) atoms. The van der Waals surface area contributed by atoms with Crippen LogP contribution in [0.5, 0.6) is 0 Å². The minimum atomic E-state index is 0.236. The van der Waals surface area contributed by atoms with Crippen LogP contribution in [0.25, 0.3) is 0 Å². The van der Waals surface area contributed by atoms with E-state index in [1.54, 1.807) is 0 Å². The predicted octanol–water partition coefficient (Wildman–Crippen LogP) is 3.94. The molecule has 0 saturated heterocycles. The smallest absolute Gasteiger partial charge is 0.0239 e. The Morgan fingerprint density at radius 2 is 1.62 bits per heavy atom. The summed E-state index contributed by atoms with van der Waals surface area (Å²) in [4.78, 5) is 2.55. The van der Waals surface area contributed by atoms with Gasteiger partial charge in [0.15, 0.2) is 0 Å². The molecule has 1 aromatic carbocycles. The molecule has 0 spiro atoms. The number of rotatable bonds is 4. The van der Waals surface area contributed by atoms with Gasteiger partial charge in [-0.2, -0.15) is 0 Å². The van der Waals surface area contributed by atoms with E-state index >= 15 is 0 Å². The van der Waals surface area contributed by atoms with Crippen LogP contribution in [0, 0.1) is 5.92 Å². The molecular weight excluding hydrogens is 194 g/mol. The minimum Gasteiger partial charge on any atom is -0.294 e. The van der Waals surface area contributed by atoms with Crippen LogP contribution in [0.3, 0.4) is 0 Å². The fourth-order valence-corrected chi connectivity index (χ4v) is 1.82. The molecule has 1 aromatic rings. The van der Waals surface area contributed by atoms with Gasteiger partial charge in [-0.3, -0.25) is 4.90 Å². The van der Waals surface area contributed by atoms with Gasteiger partial charge >= 0.3 is 0 Å². The monoisotopic (exact) mass is 219 g/mol. The maximum atomic E-state index is 2.55. The lowest BCUT2D eigenvalue weighted by Crippen LogP contribution is -2.42. The largest absolute Gasteiger partial charge is 0.294 e. The van der Waals surface area contributed by atoms with Crippen LogP contribution in [0.15, 0.2) is 30.3 Å². The Kier molecular flexibility index (Phi) is 4.55. The first kappa shape index (κ1) is 13.2. The quantitative estimate of drug-likeness (QED) is 0.741. The number of hydrogen-bond donors (Lipinski definition) is 0. The van der Waals surface area contributed by atoms with Gasteiger partial charge in [-0.1, -0.05) is 44.2 Å². The summed E-state index contributed by atoms with van der Waals surface area (Å²) in [7, 11) is 0. The Bertz CT molecular complexity index is 295. The molecule has 90 valence electrons. The van der Waals surface area contributed by atoms with E-state index in [4.69, 9.17) is 0 Å². The van der Waals surface area contributed by atoms with E-state index in [0.717, 1.165) is 13.1 Å². The summed E-state index contributed by atoms with van der Waals surface area (Å²) in [5, 5.41) is 0. The zero-order chi connectivity index (χ0) is 12.2. The maximum Gasteiger partial charge on any atom is 0.0239 e. The van der Waals surface area contributed by atoms with E-state index < -0.39 is 0 Å². The first-order chi connectivity index (χ1) is 7.39. The van der Waals surface area contributed by atoms with Crippen LogP contribution in [0.4, 0.5) is 0 Å². The van der Waals surface area contributed by atoms with Gasteiger partial charge in [-0.25, -0.2) is 0 Å². The van der Waals surface area contributed by atoms with E-state index in [0.29, 0.717) is 5.92 Å². The van der Waals surface area contributed by atoms with Gasteiger partial charge in [-0.15, -0.1) is 0 Å². The summed E-state index contributed by atoms with van der Waals surface area (Å²) >= 11 is 0. The second kappa shape index (κ2) is 5.49. The molecular formula is C15H25N. The lowest BCUT2D eigenvalue weighted by atomic mass is 10.0. The summed E-state index contributed by atoms with van der Waals surface area (Å²) in [5.41, 5.74) is 1.64. The highest BCUT2D eigenvalue weighted by Gasteiger charge is 2.21. The average molecular weight is 219 g/mol. The van der Waals surface area contributed by atoms with Crippen LogP contribution in [-0.2, 0) is 6.54 Å². The molecule has 0 aliphatic carbocycles. The van der Waals surface area contributed by atoms with Crippen molar-refractivity contribution in [2.24, 2.45) is 5.92 Å². The van der Waals surface area contributed by atoms with Crippen molar-refractivity contribution in [3.63, 3.8) is 0 Å². The van der Waals surface area contributed by atoms with Crippen LogP contribution < -0.4 is 0 Å². The van der Waals surface area contributed by atoms with Gasteiger partial charge in [0.05, 0.1) is 0 Å². The number of hydrogen-bond acceptors (Lipinski definition) is 1. The molecule has 1 rings (SSSR count). The zero-order valence-corrected chi connectivity index (χ0v) is 11.3. The molecule has 0 fully saturated rings. The SMILES string of the molecule is CC(C)CN(Cc1ccccc1)C(C)(C)C. The Labute approximate surface area is 100 Å². The van der Waals surface area contributed by atoms with Gasteiger partial charge in [-0.05, 0) is 32.3 Å². The molecule has 0 atom stereocenters. The normalized spacial score (nSPS) is 12.4. The topological polar surface area (TPSA) is 3.24 Å². The van der Waals surface area contributed by atoms with E-state index in [1.807, 2.05) is 0 Å². The molecule has 0 heterocycles. The highest BCUT2D eigenvalue weighted by Crippen LogP contribution is 2.18. The standard InChI is InChI=1S/C15H25N/c1-13(2)11-16(15(3,4)5)12-14-9-7-6-8-10-14/h6-10,13H,11-12H2,1-5H3. The van der Waals surface area contributed by atoms with Crippen molar-refractivity contribution < 1.29 is 0 Å². The summed E-state index contributed by atoms with van der Waals surface area (Å²) in [6.07, 6.45) is 0. The predicted molar refractivity (Wildman–Crippen MR) is 71.4 cm³/mol. The second-order valence-electron chi connectivity index (χ2n) is 5.93. The Hall–Kier alpha value is -0.820. The molecule has 0 aliphatic rings. The summed E-state index contributed by atoms with van der Waals surface area (Å²) < 4.78 is 0. The third-order valence-electron chi connectivity index (χ3n) is 2.75. The molecule has 1 nitrogen and oxygen atoms in total. The summed E-state index contributed by atoms with van der Waals surface area (Å²) in [5.74, 6) is 0.711. The third kappa shape index (κ3) is 4.36. The van der Waals surface area contributed by atoms with Crippen LogP contribution in [-0.4, -0.2) is 17.0 Å². The first-order valence-electron chi connectivity index (χ1n) is 6.18. The van der Waals surface area contributed by atoms with Crippen molar-refractivity contribution in [1.29, 1.82) is 0 Å². The Balaban J connectivity index is 2.72. The molecule has 0 saturated carbocycles. The highest BCUT2D eigenvalue weighted by molar-refractivity contribution is 5.14. The average Bonchev–Trinajstić information content (AvgIpc) is 2.16. The number of nitrogens with zero attached hydrogens (tertiary/aromatic N) is 1. The van der Waals surface area contributed by atoms with E-state index in [9.17, 15) is 0 Å². The molecule has 0 unspecified atom stereocenters. The van der Waals surface area contributed by atoms with E-state index in [-0.39, 0.29) is 5.54 Å². The van der Waals surface area contributed by atoms with Gasteiger partial charge in [0.1, 0.15) is 0 Å². The molecule has 0 aliphatic heterocycles. The Morgan fingerprint density at radius 1 is 1.06 bits per heavy atom. The van der Waals surface area contributed by atoms with Crippen molar-refractivity contribution in [2.75, 3.05) is 6.54 Å². The van der Waals surface area contributed by atoms with Gasteiger partial charge in [0.25, 0.3) is 0 Å².